The van der Waals surface area contributed by atoms with E-state index in [4.69, 9.17) is 0 Å². The molecule has 0 heterocycles. The summed E-state index contributed by atoms with van der Waals surface area (Å²) in [7, 11) is 0. The molecule has 0 aliphatic heterocycles. The van der Waals surface area contributed by atoms with Gasteiger partial charge in [-0.05, 0) is 23.8 Å². The van der Waals surface area contributed by atoms with Gasteiger partial charge in [0, 0.05) is 0 Å². The molecule has 0 bridgehead atoms. The molecular formula is C16H10F3NO5. The molecule has 2 aromatic carbocycles. The van der Waals surface area contributed by atoms with E-state index in [1.807, 2.05) is 0 Å². The number of alkyl halides is 3. The summed E-state index contributed by atoms with van der Waals surface area (Å²) < 4.78 is 40.4. The molecule has 6 nitrogen and oxygen atoms in total. The highest BCUT2D eigenvalue weighted by Gasteiger charge is 2.32. The lowest BCUT2D eigenvalue weighted by molar-refractivity contribution is -0.385. The molecule has 0 unspecified atom stereocenters. The van der Waals surface area contributed by atoms with Gasteiger partial charge in [-0.25, -0.2) is 4.79 Å². The molecule has 0 saturated carbocycles. The van der Waals surface area contributed by atoms with Crippen molar-refractivity contribution in [3.63, 3.8) is 0 Å². The Morgan fingerprint density at radius 1 is 1.16 bits per heavy atom. The normalized spacial score (nSPS) is 11.9. The van der Waals surface area contributed by atoms with Crippen LogP contribution >= 0.6 is 0 Å². The van der Waals surface area contributed by atoms with Crippen molar-refractivity contribution < 1.29 is 32.7 Å². The van der Waals surface area contributed by atoms with Gasteiger partial charge in [-0.3, -0.25) is 10.1 Å². The summed E-state index contributed by atoms with van der Waals surface area (Å²) in [5.41, 5.74) is -1.12. The van der Waals surface area contributed by atoms with Crippen LogP contribution in [0.1, 0.15) is 11.1 Å². The maximum atomic E-state index is 12.3. The van der Waals surface area contributed by atoms with Gasteiger partial charge in [0.25, 0.3) is 5.69 Å². The van der Waals surface area contributed by atoms with Crippen LogP contribution in [-0.2, 0) is 4.79 Å². The van der Waals surface area contributed by atoms with Gasteiger partial charge in [-0.2, -0.15) is 0 Å². The highest BCUT2D eigenvalue weighted by Crippen LogP contribution is 2.33. The minimum Gasteiger partial charge on any atom is -0.478 e. The fourth-order valence-electron chi connectivity index (χ4n) is 2.06. The average molecular weight is 353 g/mol. The molecule has 130 valence electrons. The predicted molar refractivity (Wildman–Crippen MR) is 81.7 cm³/mol. The Hall–Kier alpha value is -3.36. The molecule has 0 amide bonds. The maximum Gasteiger partial charge on any atom is 0.573 e. The smallest absolute Gasteiger partial charge is 0.478 e. The number of rotatable bonds is 5. The zero-order chi connectivity index (χ0) is 18.6. The van der Waals surface area contributed by atoms with Crippen molar-refractivity contribution in [2.45, 2.75) is 6.36 Å². The number of benzene rings is 2. The highest BCUT2D eigenvalue weighted by molar-refractivity contribution is 6.21. The van der Waals surface area contributed by atoms with Crippen LogP contribution in [0.15, 0.2) is 48.5 Å². The highest BCUT2D eigenvalue weighted by atomic mass is 19.4. The summed E-state index contributed by atoms with van der Waals surface area (Å²) in [4.78, 5) is 21.7. The van der Waals surface area contributed by atoms with E-state index in [2.05, 4.69) is 4.74 Å². The fraction of sp³-hybridized carbons (Fsp3) is 0.0625. The van der Waals surface area contributed by atoms with Crippen LogP contribution in [0.2, 0.25) is 0 Å². The number of carboxylic acids is 1. The topological polar surface area (TPSA) is 89.7 Å². The lowest BCUT2D eigenvalue weighted by Crippen LogP contribution is -2.17. The quantitative estimate of drug-likeness (QED) is 0.378. The van der Waals surface area contributed by atoms with Gasteiger partial charge in [0.2, 0.25) is 0 Å². The number of nitro benzene ring substituents is 1. The number of hydrogen-bond donors (Lipinski definition) is 1. The molecule has 0 radical (unpaired) electrons. The third-order valence-corrected chi connectivity index (χ3v) is 3.03. The van der Waals surface area contributed by atoms with Crippen molar-refractivity contribution in [3.05, 3.63) is 69.8 Å². The van der Waals surface area contributed by atoms with Gasteiger partial charge < -0.3 is 9.84 Å². The second-order valence-electron chi connectivity index (χ2n) is 4.76. The monoisotopic (exact) mass is 353 g/mol. The Bertz CT molecular complexity index is 831. The molecule has 1 N–H and O–H groups in total. The number of nitro groups is 1. The largest absolute Gasteiger partial charge is 0.573 e. The Balaban J connectivity index is 2.56. The van der Waals surface area contributed by atoms with Crippen LogP contribution in [0.3, 0.4) is 0 Å². The van der Waals surface area contributed by atoms with E-state index < -0.39 is 34.3 Å². The first-order valence-electron chi connectivity index (χ1n) is 6.72. The van der Waals surface area contributed by atoms with E-state index in [9.17, 15) is 33.2 Å². The molecule has 25 heavy (non-hydrogen) atoms. The first-order valence-corrected chi connectivity index (χ1v) is 6.72. The summed E-state index contributed by atoms with van der Waals surface area (Å²) >= 11 is 0. The SMILES string of the molecule is O=C(O)C(=Cc1ccccc1)c1ccc(OC(F)(F)F)cc1[N+](=O)[O-]. The minimum atomic E-state index is -5.02. The van der Waals surface area contributed by atoms with E-state index >= 15 is 0 Å². The van der Waals surface area contributed by atoms with E-state index in [-0.39, 0.29) is 5.56 Å². The Labute approximate surface area is 138 Å². The van der Waals surface area contributed by atoms with E-state index in [1.54, 1.807) is 30.3 Å². The molecule has 2 rings (SSSR count). The molecule has 0 spiro atoms. The van der Waals surface area contributed by atoms with E-state index in [0.29, 0.717) is 11.6 Å². The average Bonchev–Trinajstić information content (AvgIpc) is 2.52. The molecule has 0 atom stereocenters. The van der Waals surface area contributed by atoms with Crippen LogP contribution in [0.25, 0.3) is 11.6 Å². The Morgan fingerprint density at radius 2 is 1.80 bits per heavy atom. The number of ether oxygens (including phenoxy) is 1. The predicted octanol–water partition coefficient (Wildman–Crippen LogP) is 4.12. The first kappa shape index (κ1) is 18.0. The lowest BCUT2D eigenvalue weighted by atomic mass is 10.0. The van der Waals surface area contributed by atoms with Crippen molar-refractivity contribution >= 4 is 23.3 Å². The second-order valence-corrected chi connectivity index (χ2v) is 4.76. The first-order chi connectivity index (χ1) is 11.7. The number of aliphatic carboxylic acids is 1. The van der Waals surface area contributed by atoms with Crippen LogP contribution < -0.4 is 4.74 Å². The van der Waals surface area contributed by atoms with E-state index in [0.717, 1.165) is 12.1 Å². The third kappa shape index (κ3) is 4.80. The van der Waals surface area contributed by atoms with Gasteiger partial charge in [0.05, 0.1) is 22.1 Å². The lowest BCUT2D eigenvalue weighted by Gasteiger charge is -2.10. The number of nitrogens with zero attached hydrogens (tertiary/aromatic N) is 1. The summed E-state index contributed by atoms with van der Waals surface area (Å²) in [6.07, 6.45) is -3.83. The maximum absolute atomic E-state index is 12.3. The summed E-state index contributed by atoms with van der Waals surface area (Å²) in [6, 6.07) is 10.4. The second kappa shape index (κ2) is 7.04. The molecule has 0 saturated heterocycles. The standard InChI is InChI=1S/C16H10F3NO5/c17-16(18,19)25-11-6-7-12(14(9-11)20(23)24)13(15(21)22)8-10-4-2-1-3-5-10/h1-9H,(H,21,22). The van der Waals surface area contributed by atoms with E-state index in [1.165, 1.54) is 6.08 Å². The zero-order valence-corrected chi connectivity index (χ0v) is 12.4. The Kier molecular flexibility index (Phi) is 5.06. The van der Waals surface area contributed by atoms with Gasteiger partial charge >= 0.3 is 12.3 Å². The van der Waals surface area contributed by atoms with Crippen molar-refractivity contribution in [1.82, 2.24) is 0 Å². The van der Waals surface area contributed by atoms with Gasteiger partial charge in [-0.15, -0.1) is 13.2 Å². The van der Waals surface area contributed by atoms with Crippen LogP contribution in [0.5, 0.6) is 5.75 Å². The number of carbonyl (C=O) groups is 1. The van der Waals surface area contributed by atoms with Crippen LogP contribution in [-0.4, -0.2) is 22.4 Å². The summed E-state index contributed by atoms with van der Waals surface area (Å²) in [5, 5.41) is 20.5. The molecule has 0 aromatic heterocycles. The number of halogens is 3. The van der Waals surface area contributed by atoms with Crippen molar-refractivity contribution in [2.24, 2.45) is 0 Å². The number of hydrogen-bond acceptors (Lipinski definition) is 4. The summed E-state index contributed by atoms with van der Waals surface area (Å²) in [6.45, 7) is 0. The molecule has 9 heteroatoms. The molecule has 0 fully saturated rings. The zero-order valence-electron chi connectivity index (χ0n) is 12.4. The van der Waals surface area contributed by atoms with Crippen molar-refractivity contribution in [3.8, 4) is 5.75 Å². The van der Waals surface area contributed by atoms with Gasteiger partial charge in [0.15, 0.2) is 0 Å². The molecule has 0 aliphatic carbocycles. The Morgan fingerprint density at radius 3 is 2.32 bits per heavy atom. The van der Waals surface area contributed by atoms with Crippen molar-refractivity contribution in [2.75, 3.05) is 0 Å². The van der Waals surface area contributed by atoms with Crippen molar-refractivity contribution in [1.29, 1.82) is 0 Å². The fourth-order valence-corrected chi connectivity index (χ4v) is 2.06. The van der Waals surface area contributed by atoms with Gasteiger partial charge in [0.1, 0.15) is 5.75 Å². The minimum absolute atomic E-state index is 0.337. The molecular weight excluding hydrogens is 343 g/mol. The molecule has 0 aliphatic rings. The number of carboxylic acid groups (broad SMARTS) is 1. The summed E-state index contributed by atoms with van der Waals surface area (Å²) in [5.74, 6) is -2.27. The van der Waals surface area contributed by atoms with Crippen LogP contribution in [0.4, 0.5) is 18.9 Å². The van der Waals surface area contributed by atoms with Crippen LogP contribution in [0, 0.1) is 10.1 Å². The van der Waals surface area contributed by atoms with Gasteiger partial charge in [-0.1, -0.05) is 30.3 Å². The third-order valence-electron chi connectivity index (χ3n) is 3.03. The molecule has 2 aromatic rings.